The van der Waals surface area contributed by atoms with Crippen LogP contribution in [0.3, 0.4) is 0 Å². The average molecular weight is 312 g/mol. The zero-order chi connectivity index (χ0) is 14.8. The SMILES string of the molecule is CS(=O)(=O)c1ccc(Sc2cccc(F)c2CO)cc1. The first-order chi connectivity index (χ1) is 9.41. The molecule has 0 aliphatic rings. The first-order valence-corrected chi connectivity index (χ1v) is 8.49. The highest BCUT2D eigenvalue weighted by Crippen LogP contribution is 2.32. The summed E-state index contributed by atoms with van der Waals surface area (Å²) in [7, 11) is -3.22. The van der Waals surface area contributed by atoms with E-state index in [2.05, 4.69) is 0 Å². The average Bonchev–Trinajstić information content (AvgIpc) is 2.38. The second-order valence-corrected chi connectivity index (χ2v) is 7.35. The molecule has 0 aliphatic heterocycles. The van der Waals surface area contributed by atoms with Gasteiger partial charge >= 0.3 is 0 Å². The normalized spacial score (nSPS) is 11.6. The fraction of sp³-hybridized carbons (Fsp3) is 0.143. The molecule has 0 fully saturated rings. The van der Waals surface area contributed by atoms with Gasteiger partial charge in [-0.1, -0.05) is 17.8 Å². The number of aliphatic hydroxyl groups excluding tert-OH is 1. The summed E-state index contributed by atoms with van der Waals surface area (Å²) in [6.45, 7) is -0.379. The smallest absolute Gasteiger partial charge is 0.175 e. The Hall–Kier alpha value is -1.37. The van der Waals surface area contributed by atoms with Crippen LogP contribution in [-0.2, 0) is 16.4 Å². The Morgan fingerprint density at radius 1 is 1.15 bits per heavy atom. The Kier molecular flexibility index (Phi) is 4.47. The molecule has 106 valence electrons. The van der Waals surface area contributed by atoms with Gasteiger partial charge in [-0.15, -0.1) is 0 Å². The Morgan fingerprint density at radius 3 is 2.35 bits per heavy atom. The van der Waals surface area contributed by atoms with Crippen molar-refractivity contribution in [1.29, 1.82) is 0 Å². The van der Waals surface area contributed by atoms with Gasteiger partial charge in [0.1, 0.15) is 5.82 Å². The number of halogens is 1. The zero-order valence-electron chi connectivity index (χ0n) is 10.7. The third kappa shape index (κ3) is 3.39. The minimum atomic E-state index is -3.22. The third-order valence-electron chi connectivity index (χ3n) is 2.71. The minimum Gasteiger partial charge on any atom is -0.392 e. The standard InChI is InChI=1S/C14H13FO3S2/c1-20(17,18)11-7-5-10(6-8-11)19-14-4-2-3-13(15)12(14)9-16/h2-8,16H,9H2,1H3. The van der Waals surface area contributed by atoms with E-state index in [-0.39, 0.29) is 17.1 Å². The molecule has 2 aromatic rings. The Balaban J connectivity index is 2.29. The number of aliphatic hydroxyl groups is 1. The van der Waals surface area contributed by atoms with E-state index in [9.17, 15) is 17.9 Å². The maximum Gasteiger partial charge on any atom is 0.175 e. The van der Waals surface area contributed by atoms with Crippen LogP contribution in [0, 0.1) is 5.82 Å². The van der Waals surface area contributed by atoms with Crippen molar-refractivity contribution in [2.24, 2.45) is 0 Å². The van der Waals surface area contributed by atoms with Crippen LogP contribution in [0.25, 0.3) is 0 Å². The van der Waals surface area contributed by atoms with E-state index in [4.69, 9.17) is 0 Å². The van der Waals surface area contributed by atoms with Crippen molar-refractivity contribution in [2.75, 3.05) is 6.26 Å². The molecule has 0 saturated heterocycles. The second kappa shape index (κ2) is 5.95. The monoisotopic (exact) mass is 312 g/mol. The second-order valence-electron chi connectivity index (χ2n) is 4.22. The summed E-state index contributed by atoms with van der Waals surface area (Å²) in [6, 6.07) is 10.9. The molecule has 0 atom stereocenters. The lowest BCUT2D eigenvalue weighted by Crippen LogP contribution is -1.96. The van der Waals surface area contributed by atoms with Gasteiger partial charge < -0.3 is 5.11 Å². The van der Waals surface area contributed by atoms with Gasteiger partial charge in [0.15, 0.2) is 9.84 Å². The van der Waals surface area contributed by atoms with Gasteiger partial charge in [-0.05, 0) is 36.4 Å². The van der Waals surface area contributed by atoms with E-state index in [1.807, 2.05) is 0 Å². The van der Waals surface area contributed by atoms with Gasteiger partial charge in [-0.25, -0.2) is 12.8 Å². The fourth-order valence-corrected chi connectivity index (χ4v) is 3.26. The largest absolute Gasteiger partial charge is 0.392 e. The van der Waals surface area contributed by atoms with E-state index in [1.54, 1.807) is 24.3 Å². The van der Waals surface area contributed by atoms with Crippen LogP contribution in [0.2, 0.25) is 0 Å². The molecule has 3 nitrogen and oxygen atoms in total. The third-order valence-corrected chi connectivity index (χ3v) is 4.95. The molecule has 0 spiro atoms. The molecule has 0 radical (unpaired) electrons. The highest BCUT2D eigenvalue weighted by molar-refractivity contribution is 7.99. The first-order valence-electron chi connectivity index (χ1n) is 5.78. The molecule has 2 aromatic carbocycles. The van der Waals surface area contributed by atoms with Crippen LogP contribution < -0.4 is 0 Å². The molecule has 2 rings (SSSR count). The number of sulfone groups is 1. The van der Waals surface area contributed by atoms with Crippen LogP contribution in [-0.4, -0.2) is 19.8 Å². The summed E-state index contributed by atoms with van der Waals surface area (Å²) >= 11 is 1.28. The van der Waals surface area contributed by atoms with Gasteiger partial charge in [0, 0.05) is 21.6 Å². The van der Waals surface area contributed by atoms with Gasteiger partial charge in [0.05, 0.1) is 11.5 Å². The number of hydrogen-bond acceptors (Lipinski definition) is 4. The van der Waals surface area contributed by atoms with Crippen molar-refractivity contribution in [2.45, 2.75) is 21.3 Å². The van der Waals surface area contributed by atoms with E-state index >= 15 is 0 Å². The molecular weight excluding hydrogens is 299 g/mol. The number of rotatable bonds is 4. The molecule has 0 heterocycles. The van der Waals surface area contributed by atoms with E-state index < -0.39 is 15.7 Å². The summed E-state index contributed by atoms with van der Waals surface area (Å²) in [5, 5.41) is 9.20. The van der Waals surface area contributed by atoms with Crippen LogP contribution >= 0.6 is 11.8 Å². The molecular formula is C14H13FO3S2. The van der Waals surface area contributed by atoms with Crippen LogP contribution in [0.15, 0.2) is 57.2 Å². The zero-order valence-corrected chi connectivity index (χ0v) is 12.3. The van der Waals surface area contributed by atoms with Crippen molar-refractivity contribution in [3.05, 3.63) is 53.8 Å². The summed E-state index contributed by atoms with van der Waals surface area (Å²) < 4.78 is 36.2. The highest BCUT2D eigenvalue weighted by Gasteiger charge is 2.10. The molecule has 1 N–H and O–H groups in total. The lowest BCUT2D eigenvalue weighted by molar-refractivity contribution is 0.272. The molecule has 6 heteroatoms. The van der Waals surface area contributed by atoms with Gasteiger partial charge in [0.2, 0.25) is 0 Å². The topological polar surface area (TPSA) is 54.4 Å². The quantitative estimate of drug-likeness (QED) is 0.943. The molecule has 0 saturated carbocycles. The van der Waals surface area contributed by atoms with Crippen molar-refractivity contribution in [3.63, 3.8) is 0 Å². The maximum absolute atomic E-state index is 13.5. The van der Waals surface area contributed by atoms with Crippen molar-refractivity contribution in [3.8, 4) is 0 Å². The van der Waals surface area contributed by atoms with Crippen LogP contribution in [0.1, 0.15) is 5.56 Å². The van der Waals surface area contributed by atoms with Crippen molar-refractivity contribution >= 4 is 21.6 Å². The van der Waals surface area contributed by atoms with E-state index in [0.29, 0.717) is 4.90 Å². The molecule has 0 amide bonds. The Morgan fingerprint density at radius 2 is 1.80 bits per heavy atom. The number of benzene rings is 2. The van der Waals surface area contributed by atoms with E-state index in [1.165, 1.54) is 30.0 Å². The van der Waals surface area contributed by atoms with E-state index in [0.717, 1.165) is 11.2 Å². The summed E-state index contributed by atoms with van der Waals surface area (Å²) in [6.07, 6.45) is 1.14. The summed E-state index contributed by atoms with van der Waals surface area (Å²) in [5.41, 5.74) is 0.240. The Bertz CT molecular complexity index is 710. The van der Waals surface area contributed by atoms with Crippen molar-refractivity contribution in [1.82, 2.24) is 0 Å². The Labute approximate surface area is 121 Å². The molecule has 0 unspecified atom stereocenters. The van der Waals surface area contributed by atoms with Crippen LogP contribution in [0.4, 0.5) is 4.39 Å². The first kappa shape index (κ1) is 15.0. The highest BCUT2D eigenvalue weighted by atomic mass is 32.2. The van der Waals surface area contributed by atoms with Crippen molar-refractivity contribution < 1.29 is 17.9 Å². The lowest BCUT2D eigenvalue weighted by Gasteiger charge is -2.08. The minimum absolute atomic E-state index is 0.239. The molecule has 0 bridgehead atoms. The predicted molar refractivity (Wildman–Crippen MR) is 76.0 cm³/mol. The molecule has 0 aromatic heterocycles. The van der Waals surface area contributed by atoms with Gasteiger partial charge in [0.25, 0.3) is 0 Å². The predicted octanol–water partition coefficient (Wildman–Crippen LogP) is 2.87. The summed E-state index contributed by atoms with van der Waals surface area (Å²) in [4.78, 5) is 1.63. The van der Waals surface area contributed by atoms with Gasteiger partial charge in [-0.3, -0.25) is 0 Å². The maximum atomic E-state index is 13.5. The van der Waals surface area contributed by atoms with Gasteiger partial charge in [-0.2, -0.15) is 0 Å². The lowest BCUT2D eigenvalue weighted by atomic mass is 10.2. The molecule has 0 aliphatic carbocycles. The molecule has 20 heavy (non-hydrogen) atoms. The number of hydrogen-bond donors (Lipinski definition) is 1. The summed E-state index contributed by atoms with van der Waals surface area (Å²) in [5.74, 6) is -0.453. The van der Waals surface area contributed by atoms with Crippen LogP contribution in [0.5, 0.6) is 0 Å². The fourth-order valence-electron chi connectivity index (χ4n) is 1.67.